The third kappa shape index (κ3) is 5.29. The summed E-state index contributed by atoms with van der Waals surface area (Å²) in [6.07, 6.45) is 2.03. The Bertz CT molecular complexity index is 716. The Morgan fingerprint density at radius 3 is 2.58 bits per heavy atom. The van der Waals surface area contributed by atoms with Gasteiger partial charge in [0.25, 0.3) is 0 Å². The van der Waals surface area contributed by atoms with Crippen LogP contribution in [0, 0.1) is 5.82 Å². The van der Waals surface area contributed by atoms with Crippen molar-refractivity contribution in [3.8, 4) is 0 Å². The predicted octanol–water partition coefficient (Wildman–Crippen LogP) is 3.28. The Hall–Kier alpha value is -1.92. The average molecular weight is 376 g/mol. The molecule has 0 aliphatic carbocycles. The minimum atomic E-state index is -0.210. The van der Waals surface area contributed by atoms with E-state index in [-0.39, 0.29) is 11.7 Å². The highest BCUT2D eigenvalue weighted by molar-refractivity contribution is 7.11. The van der Waals surface area contributed by atoms with Gasteiger partial charge < -0.3 is 10.2 Å². The van der Waals surface area contributed by atoms with Crippen molar-refractivity contribution in [1.82, 2.24) is 10.2 Å². The van der Waals surface area contributed by atoms with E-state index in [0.29, 0.717) is 13.1 Å². The first-order chi connectivity index (χ1) is 12.6. The van der Waals surface area contributed by atoms with Crippen LogP contribution in [0.5, 0.6) is 0 Å². The second-order valence-electron chi connectivity index (χ2n) is 6.59. The third-order valence-corrected chi connectivity index (χ3v) is 5.90. The zero-order chi connectivity index (χ0) is 18.4. The molecule has 0 atom stereocenters. The first-order valence-electron chi connectivity index (χ1n) is 9.21. The van der Waals surface area contributed by atoms with Crippen LogP contribution in [0.4, 0.5) is 10.1 Å². The number of carbonyl (C=O) groups excluding carboxylic acids is 1. The summed E-state index contributed by atoms with van der Waals surface area (Å²) >= 11 is 1.76. The Morgan fingerprint density at radius 1 is 1.08 bits per heavy atom. The van der Waals surface area contributed by atoms with Crippen LogP contribution < -0.4 is 10.2 Å². The molecule has 1 aliphatic rings. The Morgan fingerprint density at radius 2 is 1.85 bits per heavy atom. The summed E-state index contributed by atoms with van der Waals surface area (Å²) in [6, 6.07) is 10.9. The Labute approximate surface area is 158 Å². The molecule has 1 N–H and O–H groups in total. The number of nitrogens with one attached hydrogen (secondary N) is 1. The summed E-state index contributed by atoms with van der Waals surface area (Å²) in [5.74, 6) is -0.134. The van der Waals surface area contributed by atoms with Crippen molar-refractivity contribution < 1.29 is 9.18 Å². The molecule has 0 unspecified atom stereocenters. The van der Waals surface area contributed by atoms with Gasteiger partial charge in [-0.15, -0.1) is 11.3 Å². The highest BCUT2D eigenvalue weighted by Gasteiger charge is 2.17. The van der Waals surface area contributed by atoms with Crippen LogP contribution >= 0.6 is 11.3 Å². The Kier molecular flexibility index (Phi) is 6.63. The molecule has 0 radical (unpaired) electrons. The van der Waals surface area contributed by atoms with E-state index in [9.17, 15) is 9.18 Å². The van der Waals surface area contributed by atoms with Crippen molar-refractivity contribution in [3.63, 3.8) is 0 Å². The van der Waals surface area contributed by atoms with Gasteiger partial charge in [0, 0.05) is 41.6 Å². The summed E-state index contributed by atoms with van der Waals surface area (Å²) < 4.78 is 13.1. The van der Waals surface area contributed by atoms with Crippen LogP contribution in [0.25, 0.3) is 0 Å². The molecule has 2 heterocycles. The van der Waals surface area contributed by atoms with Gasteiger partial charge >= 0.3 is 0 Å². The van der Waals surface area contributed by atoms with Crippen LogP contribution in [0.2, 0.25) is 0 Å². The third-order valence-electron chi connectivity index (χ3n) is 4.67. The molecule has 1 aliphatic heterocycles. The fourth-order valence-corrected chi connectivity index (χ4v) is 4.09. The average Bonchev–Trinajstić information content (AvgIpc) is 2.99. The molecule has 3 rings (SSSR count). The van der Waals surface area contributed by atoms with Gasteiger partial charge in [-0.2, -0.15) is 0 Å². The number of hydrogen-bond donors (Lipinski definition) is 1. The number of thiophene rings is 1. The number of hydrogen-bond acceptors (Lipinski definition) is 4. The summed E-state index contributed by atoms with van der Waals surface area (Å²) in [5.41, 5.74) is 1.04. The summed E-state index contributed by atoms with van der Waals surface area (Å²) in [7, 11) is 0. The molecular formula is C20H26FN3OS. The zero-order valence-corrected chi connectivity index (χ0v) is 16.0. The molecule has 1 aromatic carbocycles. The predicted molar refractivity (Wildman–Crippen MR) is 105 cm³/mol. The SMILES string of the molecule is CCc1ccc(CNC(=O)CN2CCCN(c3ccc(F)cc3)CC2)s1. The highest BCUT2D eigenvalue weighted by Crippen LogP contribution is 2.18. The number of halogens is 1. The van der Waals surface area contributed by atoms with E-state index in [1.807, 2.05) is 12.1 Å². The second kappa shape index (κ2) is 9.14. The minimum Gasteiger partial charge on any atom is -0.370 e. The van der Waals surface area contributed by atoms with E-state index in [0.717, 1.165) is 44.7 Å². The molecule has 1 amide bonds. The van der Waals surface area contributed by atoms with E-state index in [2.05, 4.69) is 34.2 Å². The number of anilines is 1. The number of nitrogens with zero attached hydrogens (tertiary/aromatic N) is 2. The maximum absolute atomic E-state index is 13.1. The number of amides is 1. The van der Waals surface area contributed by atoms with Gasteiger partial charge in [-0.05, 0) is 49.2 Å². The topological polar surface area (TPSA) is 35.6 Å². The molecule has 26 heavy (non-hydrogen) atoms. The lowest BCUT2D eigenvalue weighted by molar-refractivity contribution is -0.122. The standard InChI is InChI=1S/C20H26FN3OS/c1-2-18-8-9-19(26-18)14-22-20(25)15-23-10-3-11-24(13-12-23)17-6-4-16(21)5-7-17/h4-9H,2-3,10-15H2,1H3,(H,22,25). The molecule has 0 spiro atoms. The smallest absolute Gasteiger partial charge is 0.234 e. The van der Waals surface area contributed by atoms with Crippen LogP contribution in [0.1, 0.15) is 23.1 Å². The molecule has 1 fully saturated rings. The quantitative estimate of drug-likeness (QED) is 0.842. The normalized spacial score (nSPS) is 15.7. The Balaban J connectivity index is 1.45. The minimum absolute atomic E-state index is 0.0756. The maximum atomic E-state index is 13.1. The monoisotopic (exact) mass is 375 g/mol. The van der Waals surface area contributed by atoms with Crippen molar-refractivity contribution >= 4 is 22.9 Å². The van der Waals surface area contributed by atoms with E-state index in [1.54, 1.807) is 11.3 Å². The lowest BCUT2D eigenvalue weighted by atomic mass is 10.2. The number of carbonyl (C=O) groups is 1. The van der Waals surface area contributed by atoms with E-state index < -0.39 is 0 Å². The van der Waals surface area contributed by atoms with E-state index >= 15 is 0 Å². The van der Waals surface area contributed by atoms with Gasteiger partial charge in [-0.1, -0.05) is 6.92 Å². The first-order valence-corrected chi connectivity index (χ1v) is 10.0. The lowest BCUT2D eigenvalue weighted by Gasteiger charge is -2.23. The molecular weight excluding hydrogens is 349 g/mol. The van der Waals surface area contributed by atoms with Gasteiger partial charge in [0.05, 0.1) is 13.1 Å². The molecule has 0 saturated carbocycles. The summed E-state index contributed by atoms with van der Waals surface area (Å²) in [4.78, 5) is 19.3. The van der Waals surface area contributed by atoms with Gasteiger partial charge in [0.1, 0.15) is 5.82 Å². The number of aryl methyl sites for hydroxylation is 1. The number of benzene rings is 1. The molecule has 6 heteroatoms. The van der Waals surface area contributed by atoms with Crippen molar-refractivity contribution in [2.45, 2.75) is 26.3 Å². The first kappa shape index (κ1) is 18.9. The summed E-state index contributed by atoms with van der Waals surface area (Å²) in [5, 5.41) is 3.03. The van der Waals surface area contributed by atoms with Gasteiger partial charge in [-0.3, -0.25) is 9.69 Å². The van der Waals surface area contributed by atoms with E-state index in [1.165, 1.54) is 21.9 Å². The van der Waals surface area contributed by atoms with Crippen LogP contribution in [-0.2, 0) is 17.8 Å². The van der Waals surface area contributed by atoms with Gasteiger partial charge in [-0.25, -0.2) is 4.39 Å². The molecule has 1 aromatic heterocycles. The van der Waals surface area contributed by atoms with Gasteiger partial charge in [0.2, 0.25) is 5.91 Å². The molecule has 4 nitrogen and oxygen atoms in total. The summed E-state index contributed by atoms with van der Waals surface area (Å²) in [6.45, 7) is 6.71. The maximum Gasteiger partial charge on any atom is 0.234 e. The largest absolute Gasteiger partial charge is 0.370 e. The van der Waals surface area contributed by atoms with E-state index in [4.69, 9.17) is 0 Å². The fraction of sp³-hybridized carbons (Fsp3) is 0.450. The van der Waals surface area contributed by atoms with Crippen molar-refractivity contribution in [3.05, 3.63) is 52.0 Å². The van der Waals surface area contributed by atoms with Crippen molar-refractivity contribution in [1.29, 1.82) is 0 Å². The molecule has 2 aromatic rings. The zero-order valence-electron chi connectivity index (χ0n) is 15.2. The number of rotatable bonds is 6. The van der Waals surface area contributed by atoms with Crippen LogP contribution in [-0.4, -0.2) is 43.5 Å². The van der Waals surface area contributed by atoms with Crippen molar-refractivity contribution in [2.75, 3.05) is 37.6 Å². The van der Waals surface area contributed by atoms with Gasteiger partial charge in [0.15, 0.2) is 0 Å². The fourth-order valence-electron chi connectivity index (χ4n) is 3.19. The van der Waals surface area contributed by atoms with Crippen LogP contribution in [0.3, 0.4) is 0 Å². The molecule has 1 saturated heterocycles. The van der Waals surface area contributed by atoms with Crippen LogP contribution in [0.15, 0.2) is 36.4 Å². The second-order valence-corrected chi connectivity index (χ2v) is 7.84. The lowest BCUT2D eigenvalue weighted by Crippen LogP contribution is -2.39. The molecule has 140 valence electrons. The molecule has 0 bridgehead atoms. The van der Waals surface area contributed by atoms with Crippen molar-refractivity contribution in [2.24, 2.45) is 0 Å². The highest BCUT2D eigenvalue weighted by atomic mass is 32.1.